The van der Waals surface area contributed by atoms with Gasteiger partial charge in [0, 0.05) is 24.7 Å². The molecule has 0 bridgehead atoms. The lowest BCUT2D eigenvalue weighted by Crippen LogP contribution is -2.61. The van der Waals surface area contributed by atoms with E-state index < -0.39 is 0 Å². The minimum atomic E-state index is 0. The van der Waals surface area contributed by atoms with Crippen molar-refractivity contribution < 1.29 is 5.11 Å². The third-order valence-electron chi connectivity index (χ3n) is 3.34. The minimum absolute atomic E-state index is 0. The molecule has 0 aliphatic carbocycles. The topological polar surface area (TPSA) is 35.5 Å². The van der Waals surface area contributed by atoms with Crippen molar-refractivity contribution in [3.8, 4) is 0 Å². The zero-order valence-corrected chi connectivity index (χ0v) is 10.2. The van der Waals surface area contributed by atoms with Crippen LogP contribution < -0.4 is 5.32 Å². The molecule has 2 aliphatic heterocycles. The zero-order valence-electron chi connectivity index (χ0n) is 8.53. The number of rotatable bonds is 1. The molecule has 86 valence electrons. The SMILES string of the molecule is C[C@@]12CCCN1CC(CO)NC2.Cl.Cl. The second-order valence-corrected chi connectivity index (χ2v) is 4.31. The van der Waals surface area contributed by atoms with Crippen LogP contribution in [0.4, 0.5) is 0 Å². The highest BCUT2D eigenvalue weighted by Gasteiger charge is 2.40. The summed E-state index contributed by atoms with van der Waals surface area (Å²) in [6.45, 7) is 5.87. The second kappa shape index (κ2) is 5.52. The summed E-state index contributed by atoms with van der Waals surface area (Å²) in [5.41, 5.74) is 0.381. The van der Waals surface area contributed by atoms with Crippen molar-refractivity contribution in [2.45, 2.75) is 31.3 Å². The lowest BCUT2D eigenvalue weighted by Gasteiger charge is -2.43. The van der Waals surface area contributed by atoms with E-state index in [1.807, 2.05) is 0 Å². The van der Waals surface area contributed by atoms with E-state index in [9.17, 15) is 0 Å². The molecule has 2 atom stereocenters. The molecule has 0 amide bonds. The van der Waals surface area contributed by atoms with Gasteiger partial charge in [0.15, 0.2) is 0 Å². The molecular formula is C9H20Cl2N2O. The molecule has 5 heteroatoms. The molecule has 2 fully saturated rings. The van der Waals surface area contributed by atoms with Crippen LogP contribution in [-0.2, 0) is 0 Å². The Labute approximate surface area is 98.1 Å². The number of hydrogen-bond donors (Lipinski definition) is 2. The monoisotopic (exact) mass is 242 g/mol. The van der Waals surface area contributed by atoms with Crippen LogP contribution in [0.15, 0.2) is 0 Å². The number of aliphatic hydroxyl groups excluding tert-OH is 1. The van der Waals surface area contributed by atoms with Gasteiger partial charge in [-0.15, -0.1) is 24.8 Å². The fourth-order valence-corrected chi connectivity index (χ4v) is 2.41. The first-order valence-electron chi connectivity index (χ1n) is 4.84. The summed E-state index contributed by atoms with van der Waals surface area (Å²) < 4.78 is 0. The number of halogens is 2. The Hall–Kier alpha value is 0.460. The van der Waals surface area contributed by atoms with Gasteiger partial charge in [-0.2, -0.15) is 0 Å². The van der Waals surface area contributed by atoms with Crippen LogP contribution in [0.1, 0.15) is 19.8 Å². The van der Waals surface area contributed by atoms with Gasteiger partial charge in [-0.25, -0.2) is 0 Å². The number of hydrogen-bond acceptors (Lipinski definition) is 3. The van der Waals surface area contributed by atoms with E-state index in [1.165, 1.54) is 19.4 Å². The molecule has 0 saturated carbocycles. The first kappa shape index (κ1) is 14.5. The Balaban J connectivity index is 0.000000845. The van der Waals surface area contributed by atoms with Crippen molar-refractivity contribution in [1.29, 1.82) is 0 Å². The first-order chi connectivity index (χ1) is 5.74. The molecule has 2 heterocycles. The first-order valence-corrected chi connectivity index (χ1v) is 4.84. The van der Waals surface area contributed by atoms with E-state index in [0.717, 1.165) is 13.1 Å². The average Bonchev–Trinajstić information content (AvgIpc) is 2.45. The molecule has 14 heavy (non-hydrogen) atoms. The predicted octanol–water partition coefficient (Wildman–Crippen LogP) is 0.649. The standard InChI is InChI=1S/C9H18N2O.2ClH/c1-9-3-2-4-11(9)5-8(6-12)10-7-9;;/h8,10,12H,2-7H2,1H3;2*1H/t8?,9-;;/m0../s1. The molecule has 0 aromatic rings. The quantitative estimate of drug-likeness (QED) is 0.709. The Bertz CT molecular complexity index is 182. The number of piperazine rings is 1. The molecule has 2 saturated heterocycles. The number of nitrogens with zero attached hydrogens (tertiary/aromatic N) is 1. The molecule has 1 unspecified atom stereocenters. The maximum absolute atomic E-state index is 9.01. The van der Waals surface area contributed by atoms with Crippen molar-refractivity contribution in [2.75, 3.05) is 26.2 Å². The Morgan fingerprint density at radius 2 is 2.21 bits per heavy atom. The average molecular weight is 243 g/mol. The van der Waals surface area contributed by atoms with E-state index >= 15 is 0 Å². The molecule has 0 aromatic carbocycles. The van der Waals surface area contributed by atoms with E-state index in [4.69, 9.17) is 5.11 Å². The summed E-state index contributed by atoms with van der Waals surface area (Å²) in [5, 5.41) is 12.4. The molecule has 2 N–H and O–H groups in total. The van der Waals surface area contributed by atoms with E-state index in [0.29, 0.717) is 11.6 Å². The van der Waals surface area contributed by atoms with Crippen LogP contribution in [0.2, 0.25) is 0 Å². The van der Waals surface area contributed by atoms with Crippen molar-refractivity contribution >= 4 is 24.8 Å². The van der Waals surface area contributed by atoms with Crippen molar-refractivity contribution in [3.63, 3.8) is 0 Å². The molecule has 2 aliphatic rings. The molecule has 3 nitrogen and oxygen atoms in total. The normalized spacial score (nSPS) is 36.9. The van der Waals surface area contributed by atoms with Crippen LogP contribution in [0, 0.1) is 0 Å². The van der Waals surface area contributed by atoms with Gasteiger partial charge in [0.25, 0.3) is 0 Å². The fraction of sp³-hybridized carbons (Fsp3) is 1.00. The predicted molar refractivity (Wildman–Crippen MR) is 62.6 cm³/mol. The van der Waals surface area contributed by atoms with Crippen LogP contribution in [0.25, 0.3) is 0 Å². The third-order valence-corrected chi connectivity index (χ3v) is 3.34. The molecule has 0 aromatic heterocycles. The maximum Gasteiger partial charge on any atom is 0.0597 e. The van der Waals surface area contributed by atoms with Crippen LogP contribution in [0.3, 0.4) is 0 Å². The Morgan fingerprint density at radius 3 is 2.86 bits per heavy atom. The highest BCUT2D eigenvalue weighted by atomic mass is 35.5. The van der Waals surface area contributed by atoms with Gasteiger partial charge < -0.3 is 10.4 Å². The van der Waals surface area contributed by atoms with Crippen LogP contribution >= 0.6 is 24.8 Å². The van der Waals surface area contributed by atoms with Crippen molar-refractivity contribution in [3.05, 3.63) is 0 Å². The molecule has 2 rings (SSSR count). The third kappa shape index (κ3) is 2.52. The van der Waals surface area contributed by atoms with E-state index in [-0.39, 0.29) is 31.4 Å². The van der Waals surface area contributed by atoms with Gasteiger partial charge in [0.1, 0.15) is 0 Å². The second-order valence-electron chi connectivity index (χ2n) is 4.31. The van der Waals surface area contributed by atoms with Gasteiger partial charge >= 0.3 is 0 Å². The summed E-state index contributed by atoms with van der Waals surface area (Å²) >= 11 is 0. The number of fused-ring (bicyclic) bond motifs is 1. The zero-order chi connectivity index (χ0) is 8.60. The fourth-order valence-electron chi connectivity index (χ4n) is 2.41. The smallest absolute Gasteiger partial charge is 0.0597 e. The van der Waals surface area contributed by atoms with Gasteiger partial charge in [-0.05, 0) is 26.3 Å². The minimum Gasteiger partial charge on any atom is -0.395 e. The van der Waals surface area contributed by atoms with Crippen LogP contribution in [0.5, 0.6) is 0 Å². The summed E-state index contributed by atoms with van der Waals surface area (Å²) in [6.07, 6.45) is 2.62. The lowest BCUT2D eigenvalue weighted by molar-refractivity contribution is 0.0724. The maximum atomic E-state index is 9.01. The Morgan fingerprint density at radius 1 is 1.50 bits per heavy atom. The lowest BCUT2D eigenvalue weighted by atomic mass is 9.95. The highest BCUT2D eigenvalue weighted by Crippen LogP contribution is 2.30. The molecular weight excluding hydrogens is 223 g/mol. The van der Waals surface area contributed by atoms with Crippen molar-refractivity contribution in [2.24, 2.45) is 0 Å². The van der Waals surface area contributed by atoms with Gasteiger partial charge in [0.2, 0.25) is 0 Å². The number of nitrogens with one attached hydrogen (secondary N) is 1. The van der Waals surface area contributed by atoms with Gasteiger partial charge in [0.05, 0.1) is 6.61 Å². The largest absolute Gasteiger partial charge is 0.395 e. The summed E-state index contributed by atoms with van der Waals surface area (Å²) in [6, 6.07) is 0.302. The highest BCUT2D eigenvalue weighted by molar-refractivity contribution is 5.85. The molecule has 0 radical (unpaired) electrons. The summed E-state index contributed by atoms with van der Waals surface area (Å²) in [5.74, 6) is 0. The van der Waals surface area contributed by atoms with Gasteiger partial charge in [-0.3, -0.25) is 4.90 Å². The summed E-state index contributed by atoms with van der Waals surface area (Å²) in [4.78, 5) is 2.52. The summed E-state index contributed by atoms with van der Waals surface area (Å²) in [7, 11) is 0. The van der Waals surface area contributed by atoms with E-state index in [2.05, 4.69) is 17.1 Å². The number of aliphatic hydroxyl groups is 1. The van der Waals surface area contributed by atoms with Crippen LogP contribution in [-0.4, -0.2) is 47.8 Å². The molecule has 0 spiro atoms. The van der Waals surface area contributed by atoms with Gasteiger partial charge in [-0.1, -0.05) is 0 Å². The van der Waals surface area contributed by atoms with Crippen molar-refractivity contribution in [1.82, 2.24) is 10.2 Å². The Kier molecular flexibility index (Phi) is 5.70. The van der Waals surface area contributed by atoms with E-state index in [1.54, 1.807) is 0 Å².